The predicted molar refractivity (Wildman–Crippen MR) is 73.9 cm³/mol. The van der Waals surface area contributed by atoms with E-state index in [2.05, 4.69) is 16.8 Å². The Kier molecular flexibility index (Phi) is 4.91. The summed E-state index contributed by atoms with van der Waals surface area (Å²) in [5.74, 6) is -0.692. The topological polar surface area (TPSA) is 53.4 Å². The number of aliphatic carboxylic acids is 1. The van der Waals surface area contributed by atoms with Gasteiger partial charge in [0.1, 0.15) is 0 Å². The van der Waals surface area contributed by atoms with Gasteiger partial charge in [0.15, 0.2) is 0 Å². The molecule has 1 atom stereocenters. The summed E-state index contributed by atoms with van der Waals surface area (Å²) in [5.41, 5.74) is 2.52. The number of pyridine rings is 1. The largest absolute Gasteiger partial charge is 0.481 e. The molecule has 0 radical (unpaired) electrons. The van der Waals surface area contributed by atoms with Crippen molar-refractivity contribution in [1.29, 1.82) is 0 Å². The van der Waals surface area contributed by atoms with E-state index in [4.69, 9.17) is 5.11 Å². The van der Waals surface area contributed by atoms with E-state index in [-0.39, 0.29) is 6.42 Å². The quantitative estimate of drug-likeness (QED) is 0.886. The smallest absolute Gasteiger partial charge is 0.303 e. The summed E-state index contributed by atoms with van der Waals surface area (Å²) in [6.07, 6.45) is 8.32. The van der Waals surface area contributed by atoms with Crippen LogP contribution >= 0.6 is 0 Å². The van der Waals surface area contributed by atoms with Crippen molar-refractivity contribution in [3.05, 3.63) is 29.6 Å². The van der Waals surface area contributed by atoms with Gasteiger partial charge in [0, 0.05) is 31.4 Å². The van der Waals surface area contributed by atoms with Crippen molar-refractivity contribution < 1.29 is 9.90 Å². The highest BCUT2D eigenvalue weighted by Crippen LogP contribution is 2.23. The zero-order valence-electron chi connectivity index (χ0n) is 11.5. The van der Waals surface area contributed by atoms with Crippen LogP contribution in [-0.4, -0.2) is 33.5 Å². The minimum absolute atomic E-state index is 0.271. The number of aromatic nitrogens is 1. The lowest BCUT2D eigenvalue weighted by Crippen LogP contribution is -2.39. The van der Waals surface area contributed by atoms with Crippen molar-refractivity contribution in [2.75, 3.05) is 6.54 Å². The van der Waals surface area contributed by atoms with Crippen LogP contribution in [0.4, 0.5) is 0 Å². The van der Waals surface area contributed by atoms with Gasteiger partial charge >= 0.3 is 5.97 Å². The molecule has 4 nitrogen and oxygen atoms in total. The second-order valence-electron chi connectivity index (χ2n) is 5.35. The molecule has 1 unspecified atom stereocenters. The molecule has 1 N–H and O–H groups in total. The van der Waals surface area contributed by atoms with E-state index >= 15 is 0 Å². The van der Waals surface area contributed by atoms with Crippen LogP contribution in [0.5, 0.6) is 0 Å². The number of carboxylic acid groups (broad SMARTS) is 1. The maximum Gasteiger partial charge on any atom is 0.303 e. The van der Waals surface area contributed by atoms with Crippen molar-refractivity contribution in [3.63, 3.8) is 0 Å². The Hall–Kier alpha value is -1.42. The lowest BCUT2D eigenvalue weighted by molar-refractivity contribution is -0.137. The van der Waals surface area contributed by atoms with E-state index < -0.39 is 5.97 Å². The average Bonchev–Trinajstić information content (AvgIpc) is 2.40. The number of carbonyl (C=O) groups is 1. The molecular formula is C15H22N2O2. The van der Waals surface area contributed by atoms with Crippen molar-refractivity contribution in [2.24, 2.45) is 0 Å². The molecule has 0 aliphatic carbocycles. The zero-order valence-corrected chi connectivity index (χ0v) is 11.5. The monoisotopic (exact) mass is 262 g/mol. The first-order valence-electron chi connectivity index (χ1n) is 7.02. The van der Waals surface area contributed by atoms with Gasteiger partial charge in [-0.3, -0.25) is 14.7 Å². The Bertz CT molecular complexity index is 434. The Morgan fingerprint density at radius 1 is 1.53 bits per heavy atom. The summed E-state index contributed by atoms with van der Waals surface area (Å²) >= 11 is 0. The Morgan fingerprint density at radius 2 is 2.37 bits per heavy atom. The summed E-state index contributed by atoms with van der Waals surface area (Å²) < 4.78 is 0. The molecule has 1 aliphatic heterocycles. The second-order valence-corrected chi connectivity index (χ2v) is 5.35. The van der Waals surface area contributed by atoms with Crippen LogP contribution in [-0.2, 0) is 11.3 Å². The van der Waals surface area contributed by atoms with Crippen molar-refractivity contribution in [2.45, 2.75) is 51.6 Å². The molecule has 1 fully saturated rings. The number of nitrogens with zero attached hydrogens (tertiary/aromatic N) is 2. The fourth-order valence-electron chi connectivity index (χ4n) is 2.77. The first kappa shape index (κ1) is 14.0. The van der Waals surface area contributed by atoms with Gasteiger partial charge in [-0.2, -0.15) is 0 Å². The molecule has 1 aromatic rings. The highest BCUT2D eigenvalue weighted by Gasteiger charge is 2.23. The summed E-state index contributed by atoms with van der Waals surface area (Å²) in [6, 6.07) is 2.44. The molecule has 1 saturated heterocycles. The van der Waals surface area contributed by atoms with Gasteiger partial charge in [0.05, 0.1) is 0 Å². The van der Waals surface area contributed by atoms with E-state index in [9.17, 15) is 4.79 Å². The Morgan fingerprint density at radius 3 is 3.11 bits per heavy atom. The zero-order chi connectivity index (χ0) is 13.7. The van der Waals surface area contributed by atoms with Gasteiger partial charge in [0.25, 0.3) is 0 Å². The van der Waals surface area contributed by atoms with Crippen LogP contribution in [0, 0.1) is 6.92 Å². The van der Waals surface area contributed by atoms with Crippen LogP contribution in [0.15, 0.2) is 18.5 Å². The van der Waals surface area contributed by atoms with Crippen LogP contribution in [0.3, 0.4) is 0 Å². The van der Waals surface area contributed by atoms with Crippen molar-refractivity contribution in [3.8, 4) is 0 Å². The lowest BCUT2D eigenvalue weighted by Gasteiger charge is -2.35. The maximum atomic E-state index is 10.7. The fraction of sp³-hybridized carbons (Fsp3) is 0.600. The van der Waals surface area contributed by atoms with E-state index in [0.717, 1.165) is 25.9 Å². The van der Waals surface area contributed by atoms with Crippen LogP contribution in [0.2, 0.25) is 0 Å². The average molecular weight is 262 g/mol. The molecule has 0 bridgehead atoms. The second kappa shape index (κ2) is 6.66. The standard InChI is InChI=1S/C15H22N2O2/c1-12-7-8-16-10-13(12)11-17-9-3-2-4-14(17)5-6-15(18)19/h7-8,10,14H,2-6,9,11H2,1H3,(H,18,19). The van der Waals surface area contributed by atoms with E-state index in [1.54, 1.807) is 0 Å². The van der Waals surface area contributed by atoms with Gasteiger partial charge in [-0.1, -0.05) is 6.42 Å². The molecule has 0 spiro atoms. The number of carboxylic acids is 1. The van der Waals surface area contributed by atoms with E-state index in [0.29, 0.717) is 6.04 Å². The summed E-state index contributed by atoms with van der Waals surface area (Å²) in [5, 5.41) is 8.84. The molecule has 2 heterocycles. The number of likely N-dealkylation sites (tertiary alicyclic amines) is 1. The minimum Gasteiger partial charge on any atom is -0.481 e. The Balaban J connectivity index is 1.99. The molecule has 0 saturated carbocycles. The number of piperidine rings is 1. The third kappa shape index (κ3) is 4.03. The maximum absolute atomic E-state index is 10.7. The number of aryl methyl sites for hydroxylation is 1. The third-order valence-corrected chi connectivity index (χ3v) is 3.96. The first-order valence-corrected chi connectivity index (χ1v) is 7.02. The van der Waals surface area contributed by atoms with E-state index in [1.165, 1.54) is 24.0 Å². The van der Waals surface area contributed by atoms with Crippen LogP contribution in [0.25, 0.3) is 0 Å². The Labute approximate surface area is 114 Å². The normalized spacial score (nSPS) is 20.4. The summed E-state index contributed by atoms with van der Waals surface area (Å²) in [7, 11) is 0. The van der Waals surface area contributed by atoms with Gasteiger partial charge in [-0.05, 0) is 49.9 Å². The summed E-state index contributed by atoms with van der Waals surface area (Å²) in [6.45, 7) is 4.07. The molecule has 4 heteroatoms. The molecule has 0 aromatic carbocycles. The highest BCUT2D eigenvalue weighted by molar-refractivity contribution is 5.66. The van der Waals surface area contributed by atoms with Crippen molar-refractivity contribution in [1.82, 2.24) is 9.88 Å². The van der Waals surface area contributed by atoms with E-state index in [1.807, 2.05) is 18.5 Å². The molecule has 0 amide bonds. The lowest BCUT2D eigenvalue weighted by atomic mass is 9.97. The number of rotatable bonds is 5. The molecule has 1 aromatic heterocycles. The van der Waals surface area contributed by atoms with Gasteiger partial charge < -0.3 is 5.11 Å². The van der Waals surface area contributed by atoms with Crippen molar-refractivity contribution >= 4 is 5.97 Å². The molecular weight excluding hydrogens is 240 g/mol. The molecule has 2 rings (SSSR count). The van der Waals surface area contributed by atoms with Crippen LogP contribution < -0.4 is 0 Å². The third-order valence-electron chi connectivity index (χ3n) is 3.96. The fourth-order valence-corrected chi connectivity index (χ4v) is 2.77. The number of hydrogen-bond donors (Lipinski definition) is 1. The SMILES string of the molecule is Cc1ccncc1CN1CCCCC1CCC(=O)O. The van der Waals surface area contributed by atoms with Crippen LogP contribution in [0.1, 0.15) is 43.2 Å². The first-order chi connectivity index (χ1) is 9.16. The molecule has 19 heavy (non-hydrogen) atoms. The number of hydrogen-bond acceptors (Lipinski definition) is 3. The molecule has 104 valence electrons. The van der Waals surface area contributed by atoms with Gasteiger partial charge in [0.2, 0.25) is 0 Å². The molecule has 1 aliphatic rings. The highest BCUT2D eigenvalue weighted by atomic mass is 16.4. The summed E-state index contributed by atoms with van der Waals surface area (Å²) in [4.78, 5) is 17.3. The van der Waals surface area contributed by atoms with Gasteiger partial charge in [-0.25, -0.2) is 0 Å². The minimum atomic E-state index is -0.692. The predicted octanol–water partition coefficient (Wildman–Crippen LogP) is 2.61. The van der Waals surface area contributed by atoms with Gasteiger partial charge in [-0.15, -0.1) is 0 Å².